The molecule has 4 aliphatic heterocycles. The molecule has 13 atom stereocenters. The molecule has 8 aliphatic rings. The van der Waals surface area contributed by atoms with Gasteiger partial charge >= 0.3 is 0 Å². The number of nitrogens with one attached hydrogen (secondary N) is 3. The van der Waals surface area contributed by atoms with Gasteiger partial charge in [0.25, 0.3) is 0 Å². The summed E-state index contributed by atoms with van der Waals surface area (Å²) in [7, 11) is 0. The average Bonchev–Trinajstić information content (AvgIpc) is 3.71. The van der Waals surface area contributed by atoms with Crippen LogP contribution in [0.3, 0.4) is 0 Å². The molecule has 4 heterocycles. The molecule has 7 fully saturated rings. The molecule has 0 bridgehead atoms. The molecule has 4 saturated heterocycles. The Morgan fingerprint density at radius 3 is 2.56 bits per heavy atom. The Bertz CT molecular complexity index is 1170. The number of carbonyl (C=O) groups excluding carboxylic acids is 2. The van der Waals surface area contributed by atoms with Crippen LogP contribution in [0.4, 0.5) is 0 Å². The SMILES string of the molecule is C[C@@H]1CC[C@@]2(NC1)O[C@H]1C[C@H]3[C@@H]4CC=C5C[C@H](NC(=O)CC(=O)N6CC7CNCC7C6)CC[C@]5(C)[C@H]4CC[C@]3(C)[C@H]1[C@@H]2C. The Hall–Kier alpha value is -1.44. The van der Waals surface area contributed by atoms with Gasteiger partial charge in [-0.1, -0.05) is 39.3 Å². The van der Waals surface area contributed by atoms with E-state index in [1.807, 2.05) is 4.90 Å². The minimum Gasteiger partial charge on any atom is -0.357 e. The van der Waals surface area contributed by atoms with E-state index in [4.69, 9.17) is 4.74 Å². The van der Waals surface area contributed by atoms with Gasteiger partial charge in [-0.25, -0.2) is 0 Å². The molecule has 238 valence electrons. The summed E-state index contributed by atoms with van der Waals surface area (Å²) >= 11 is 0. The number of rotatable bonds is 3. The maximum atomic E-state index is 13.0. The van der Waals surface area contributed by atoms with Gasteiger partial charge in [0.05, 0.1) is 6.10 Å². The van der Waals surface area contributed by atoms with E-state index in [-0.39, 0.29) is 35.4 Å². The number of nitrogens with zero attached hydrogens (tertiary/aromatic N) is 1. The standard InChI is InChI=1S/C36H56N4O3/c1-21-7-12-36(38-16-21)22(2)33-30(43-36)14-29-27-6-5-25-13-26(8-10-34(25,3)28(27)9-11-35(29,33)4)39-31(41)15-32(42)40-19-23-17-37-18-24(23)20-40/h5,21-24,26-30,33,37-38H,6-20H2,1-4H3,(H,39,41)/t21-,22+,23?,24?,26-,27-,28+,29+,30+,33+,34+,35+,36-/m1/s1. The molecule has 4 aliphatic carbocycles. The third-order valence-electron chi connectivity index (χ3n) is 15.0. The molecule has 2 unspecified atom stereocenters. The minimum atomic E-state index is -0.0866. The summed E-state index contributed by atoms with van der Waals surface area (Å²) in [5.74, 6) is 5.31. The van der Waals surface area contributed by atoms with Gasteiger partial charge in [0.2, 0.25) is 11.8 Å². The van der Waals surface area contributed by atoms with E-state index in [1.165, 1.54) is 38.5 Å². The minimum absolute atomic E-state index is 0.00328. The fourth-order valence-electron chi connectivity index (χ4n) is 12.6. The number of ether oxygens (including phenoxy) is 1. The average molecular weight is 593 g/mol. The van der Waals surface area contributed by atoms with Crippen molar-refractivity contribution in [2.45, 2.75) is 110 Å². The molecular weight excluding hydrogens is 536 g/mol. The van der Waals surface area contributed by atoms with Crippen LogP contribution in [0.2, 0.25) is 0 Å². The van der Waals surface area contributed by atoms with Gasteiger partial charge < -0.3 is 20.3 Å². The smallest absolute Gasteiger partial charge is 0.232 e. The summed E-state index contributed by atoms with van der Waals surface area (Å²) in [5, 5.41) is 10.6. The Labute approximate surface area is 259 Å². The van der Waals surface area contributed by atoms with Gasteiger partial charge in [-0.2, -0.15) is 0 Å². The van der Waals surface area contributed by atoms with Gasteiger partial charge in [-0.15, -0.1) is 0 Å². The zero-order chi connectivity index (χ0) is 29.7. The van der Waals surface area contributed by atoms with Crippen molar-refractivity contribution < 1.29 is 14.3 Å². The van der Waals surface area contributed by atoms with E-state index in [0.717, 1.165) is 75.7 Å². The van der Waals surface area contributed by atoms with Crippen LogP contribution >= 0.6 is 0 Å². The topological polar surface area (TPSA) is 82.7 Å². The molecule has 0 aromatic heterocycles. The molecule has 43 heavy (non-hydrogen) atoms. The van der Waals surface area contributed by atoms with E-state index in [0.29, 0.717) is 35.2 Å². The number of hydrogen-bond donors (Lipinski definition) is 3. The predicted octanol–water partition coefficient (Wildman–Crippen LogP) is 4.48. The number of hydrogen-bond acceptors (Lipinski definition) is 5. The maximum absolute atomic E-state index is 13.0. The summed E-state index contributed by atoms with van der Waals surface area (Å²) in [6.07, 6.45) is 13.7. The first-order chi connectivity index (χ1) is 20.6. The Morgan fingerprint density at radius 2 is 1.81 bits per heavy atom. The third kappa shape index (κ3) is 4.44. The van der Waals surface area contributed by atoms with E-state index >= 15 is 0 Å². The summed E-state index contributed by atoms with van der Waals surface area (Å²) < 4.78 is 7.08. The normalized spacial score (nSPS) is 51.7. The highest BCUT2D eigenvalue weighted by Crippen LogP contribution is 2.70. The highest BCUT2D eigenvalue weighted by Gasteiger charge is 2.68. The second kappa shape index (κ2) is 10.3. The van der Waals surface area contributed by atoms with E-state index in [2.05, 4.69) is 49.7 Å². The van der Waals surface area contributed by atoms with Crippen LogP contribution in [0.5, 0.6) is 0 Å². The zero-order valence-corrected chi connectivity index (χ0v) is 27.1. The maximum Gasteiger partial charge on any atom is 0.232 e. The van der Waals surface area contributed by atoms with E-state index in [1.54, 1.807) is 5.57 Å². The van der Waals surface area contributed by atoms with Gasteiger partial charge in [-0.05, 0) is 110 Å². The number of amides is 2. The van der Waals surface area contributed by atoms with Crippen molar-refractivity contribution in [3.63, 3.8) is 0 Å². The molecule has 7 heteroatoms. The van der Waals surface area contributed by atoms with Crippen molar-refractivity contribution in [1.82, 2.24) is 20.9 Å². The number of fused-ring (bicyclic) bond motifs is 8. The summed E-state index contributed by atoms with van der Waals surface area (Å²) in [4.78, 5) is 27.8. The largest absolute Gasteiger partial charge is 0.357 e. The molecule has 7 nitrogen and oxygen atoms in total. The Kier molecular flexibility index (Phi) is 6.94. The first kappa shape index (κ1) is 29.0. The van der Waals surface area contributed by atoms with Crippen LogP contribution in [-0.4, -0.2) is 67.3 Å². The van der Waals surface area contributed by atoms with E-state index in [9.17, 15) is 9.59 Å². The fraction of sp³-hybridized carbons (Fsp3) is 0.889. The van der Waals surface area contributed by atoms with Crippen molar-refractivity contribution in [1.29, 1.82) is 0 Å². The molecule has 0 radical (unpaired) electrons. The monoisotopic (exact) mass is 592 g/mol. The molecular formula is C36H56N4O3. The predicted molar refractivity (Wildman–Crippen MR) is 167 cm³/mol. The lowest BCUT2D eigenvalue weighted by atomic mass is 9.46. The van der Waals surface area contributed by atoms with Crippen molar-refractivity contribution in [3.05, 3.63) is 11.6 Å². The van der Waals surface area contributed by atoms with Crippen LogP contribution in [0, 0.1) is 58.2 Å². The van der Waals surface area contributed by atoms with Gasteiger partial charge in [-0.3, -0.25) is 14.9 Å². The summed E-state index contributed by atoms with van der Waals surface area (Å²) in [6.45, 7) is 14.8. The first-order valence-electron chi connectivity index (χ1n) is 18.0. The number of likely N-dealkylation sites (tertiary alicyclic amines) is 1. The molecule has 2 amide bonds. The molecule has 3 saturated carbocycles. The van der Waals surface area contributed by atoms with Gasteiger partial charge in [0.1, 0.15) is 12.1 Å². The highest BCUT2D eigenvalue weighted by atomic mass is 16.5. The van der Waals surface area contributed by atoms with Crippen LogP contribution in [0.15, 0.2) is 11.6 Å². The molecule has 1 spiro atoms. The lowest BCUT2D eigenvalue weighted by Gasteiger charge is -2.58. The van der Waals surface area contributed by atoms with Crippen molar-refractivity contribution in [2.75, 3.05) is 32.7 Å². The molecule has 3 N–H and O–H groups in total. The molecule has 0 aromatic carbocycles. The Balaban J connectivity index is 0.910. The second-order valence-corrected chi connectivity index (χ2v) is 17.1. The van der Waals surface area contributed by atoms with Crippen LogP contribution in [-0.2, 0) is 14.3 Å². The van der Waals surface area contributed by atoms with Gasteiger partial charge in [0, 0.05) is 44.7 Å². The number of piperidine rings is 1. The molecule has 0 aromatic rings. The van der Waals surface area contributed by atoms with Gasteiger partial charge in [0.15, 0.2) is 0 Å². The quantitative estimate of drug-likeness (QED) is 0.333. The third-order valence-corrected chi connectivity index (χ3v) is 15.0. The second-order valence-electron chi connectivity index (χ2n) is 17.1. The molecule has 8 rings (SSSR count). The summed E-state index contributed by atoms with van der Waals surface area (Å²) in [5.41, 5.74) is 2.12. The van der Waals surface area contributed by atoms with Crippen LogP contribution in [0.1, 0.15) is 91.9 Å². The van der Waals surface area contributed by atoms with Crippen molar-refractivity contribution in [3.8, 4) is 0 Å². The fourth-order valence-corrected chi connectivity index (χ4v) is 12.6. The Morgan fingerprint density at radius 1 is 1.02 bits per heavy atom. The van der Waals surface area contributed by atoms with Crippen molar-refractivity contribution >= 4 is 11.8 Å². The lowest BCUT2D eigenvalue weighted by Crippen LogP contribution is -2.57. The first-order valence-corrected chi connectivity index (χ1v) is 18.0. The van der Waals surface area contributed by atoms with Crippen LogP contribution in [0.25, 0.3) is 0 Å². The zero-order valence-electron chi connectivity index (χ0n) is 27.1. The number of allylic oxidation sites excluding steroid dienone is 1. The van der Waals surface area contributed by atoms with Crippen LogP contribution < -0.4 is 16.0 Å². The number of carbonyl (C=O) groups is 2. The summed E-state index contributed by atoms with van der Waals surface area (Å²) in [6, 6.07) is 0.161. The lowest BCUT2D eigenvalue weighted by molar-refractivity contribution is -0.135. The van der Waals surface area contributed by atoms with Crippen molar-refractivity contribution in [2.24, 2.45) is 58.2 Å². The van der Waals surface area contributed by atoms with E-state index < -0.39 is 0 Å². The highest BCUT2D eigenvalue weighted by molar-refractivity contribution is 5.97.